The number of fused-ring (bicyclic) bond motifs is 1. The standard InChI is InChI=1S/C13H15NO2/c1-8-5-4-6-9-11(15)7-10(12(8)9)13(16)14(2)3/h4-6,10H,7H2,1-3H3. The molecule has 0 heterocycles. The van der Waals surface area contributed by atoms with Crippen LogP contribution in [0.5, 0.6) is 0 Å². The molecule has 1 aromatic carbocycles. The summed E-state index contributed by atoms with van der Waals surface area (Å²) < 4.78 is 0. The highest BCUT2D eigenvalue weighted by Gasteiger charge is 2.35. The van der Waals surface area contributed by atoms with Gasteiger partial charge >= 0.3 is 0 Å². The first-order chi connectivity index (χ1) is 7.52. The Balaban J connectivity index is 2.50. The summed E-state index contributed by atoms with van der Waals surface area (Å²) in [5.41, 5.74) is 2.68. The molecule has 1 atom stereocenters. The van der Waals surface area contributed by atoms with E-state index in [1.54, 1.807) is 19.0 Å². The molecule has 1 amide bonds. The van der Waals surface area contributed by atoms with Crippen LogP contribution in [-0.2, 0) is 4.79 Å². The number of hydrogen-bond acceptors (Lipinski definition) is 2. The van der Waals surface area contributed by atoms with Crippen LogP contribution >= 0.6 is 0 Å². The maximum Gasteiger partial charge on any atom is 0.230 e. The van der Waals surface area contributed by atoms with Crippen LogP contribution in [0.15, 0.2) is 18.2 Å². The van der Waals surface area contributed by atoms with E-state index in [0.29, 0.717) is 6.42 Å². The molecule has 0 saturated heterocycles. The number of aryl methyl sites for hydroxylation is 1. The number of nitrogens with zero attached hydrogens (tertiary/aromatic N) is 1. The van der Waals surface area contributed by atoms with E-state index in [9.17, 15) is 9.59 Å². The molecule has 1 aromatic rings. The summed E-state index contributed by atoms with van der Waals surface area (Å²) in [6, 6.07) is 5.63. The second-order valence-corrected chi connectivity index (χ2v) is 4.45. The van der Waals surface area contributed by atoms with Gasteiger partial charge in [0, 0.05) is 26.1 Å². The number of rotatable bonds is 1. The number of carbonyl (C=O) groups is 2. The number of hydrogen-bond donors (Lipinski definition) is 0. The van der Waals surface area contributed by atoms with Gasteiger partial charge in [-0.25, -0.2) is 0 Å². The maximum absolute atomic E-state index is 12.0. The topological polar surface area (TPSA) is 37.4 Å². The fourth-order valence-corrected chi connectivity index (χ4v) is 2.31. The van der Waals surface area contributed by atoms with Crippen molar-refractivity contribution in [2.45, 2.75) is 19.3 Å². The smallest absolute Gasteiger partial charge is 0.230 e. The normalized spacial score (nSPS) is 18.4. The van der Waals surface area contributed by atoms with E-state index in [0.717, 1.165) is 16.7 Å². The molecule has 1 unspecified atom stereocenters. The van der Waals surface area contributed by atoms with E-state index < -0.39 is 0 Å². The molecule has 1 aliphatic rings. The molecule has 2 rings (SSSR count). The average Bonchev–Trinajstić information content (AvgIpc) is 2.57. The molecule has 0 N–H and O–H groups in total. The Morgan fingerprint density at radius 2 is 2.06 bits per heavy atom. The van der Waals surface area contributed by atoms with Gasteiger partial charge in [0.1, 0.15) is 0 Å². The average molecular weight is 217 g/mol. The van der Waals surface area contributed by atoms with E-state index in [2.05, 4.69) is 0 Å². The van der Waals surface area contributed by atoms with Gasteiger partial charge in [0.2, 0.25) is 5.91 Å². The number of Topliss-reactive ketones (excluding diaryl/α,β-unsaturated/α-hetero) is 1. The number of amides is 1. The summed E-state index contributed by atoms with van der Waals surface area (Å²) in [4.78, 5) is 25.3. The van der Waals surface area contributed by atoms with Gasteiger partial charge in [0.25, 0.3) is 0 Å². The Morgan fingerprint density at radius 3 is 2.69 bits per heavy atom. The monoisotopic (exact) mass is 217 g/mol. The van der Waals surface area contributed by atoms with Crippen LogP contribution in [0.3, 0.4) is 0 Å². The molecular formula is C13H15NO2. The van der Waals surface area contributed by atoms with E-state index in [1.807, 2.05) is 25.1 Å². The fraction of sp³-hybridized carbons (Fsp3) is 0.385. The van der Waals surface area contributed by atoms with Crippen molar-refractivity contribution < 1.29 is 9.59 Å². The van der Waals surface area contributed by atoms with Crippen molar-refractivity contribution >= 4 is 11.7 Å². The summed E-state index contributed by atoms with van der Waals surface area (Å²) in [5.74, 6) is -0.181. The molecule has 0 saturated carbocycles. The van der Waals surface area contributed by atoms with E-state index in [4.69, 9.17) is 0 Å². The molecule has 3 nitrogen and oxygen atoms in total. The molecule has 0 spiro atoms. The minimum absolute atomic E-state index is 0.0152. The third kappa shape index (κ3) is 1.52. The van der Waals surface area contributed by atoms with Crippen molar-refractivity contribution in [3.05, 3.63) is 34.9 Å². The largest absolute Gasteiger partial charge is 0.348 e. The Labute approximate surface area is 95.1 Å². The van der Waals surface area contributed by atoms with Gasteiger partial charge in [-0.05, 0) is 18.1 Å². The maximum atomic E-state index is 12.0. The van der Waals surface area contributed by atoms with Crippen LogP contribution in [0, 0.1) is 6.92 Å². The highest BCUT2D eigenvalue weighted by atomic mass is 16.2. The van der Waals surface area contributed by atoms with E-state index in [-0.39, 0.29) is 17.6 Å². The summed E-state index contributed by atoms with van der Waals surface area (Å²) in [6.07, 6.45) is 0.317. The first-order valence-electron chi connectivity index (χ1n) is 5.36. The SMILES string of the molecule is Cc1cccc2c1C(C(=O)N(C)C)CC2=O. The second kappa shape index (κ2) is 3.74. The van der Waals surface area contributed by atoms with Crippen LogP contribution in [0.1, 0.15) is 33.8 Å². The molecule has 0 bridgehead atoms. The van der Waals surface area contributed by atoms with Gasteiger partial charge in [-0.3, -0.25) is 9.59 Å². The third-order valence-corrected chi connectivity index (χ3v) is 3.10. The molecule has 84 valence electrons. The van der Waals surface area contributed by atoms with Crippen molar-refractivity contribution in [2.75, 3.05) is 14.1 Å². The van der Waals surface area contributed by atoms with Gasteiger partial charge in [-0.2, -0.15) is 0 Å². The Morgan fingerprint density at radius 1 is 1.38 bits per heavy atom. The quantitative estimate of drug-likeness (QED) is 0.718. The number of ketones is 1. The van der Waals surface area contributed by atoms with Crippen LogP contribution in [0.25, 0.3) is 0 Å². The lowest BCUT2D eigenvalue weighted by Crippen LogP contribution is -2.27. The zero-order valence-electron chi connectivity index (χ0n) is 9.78. The van der Waals surface area contributed by atoms with Gasteiger partial charge < -0.3 is 4.90 Å². The van der Waals surface area contributed by atoms with Crippen molar-refractivity contribution in [3.63, 3.8) is 0 Å². The van der Waals surface area contributed by atoms with Crippen molar-refractivity contribution in [3.8, 4) is 0 Å². The van der Waals surface area contributed by atoms with Gasteiger partial charge in [0.05, 0.1) is 5.92 Å². The molecule has 0 aliphatic heterocycles. The lowest BCUT2D eigenvalue weighted by molar-refractivity contribution is -0.130. The minimum Gasteiger partial charge on any atom is -0.348 e. The third-order valence-electron chi connectivity index (χ3n) is 3.10. The zero-order valence-corrected chi connectivity index (χ0v) is 9.78. The number of carbonyl (C=O) groups excluding carboxylic acids is 2. The Kier molecular flexibility index (Phi) is 2.54. The zero-order chi connectivity index (χ0) is 11.9. The predicted molar refractivity (Wildman–Crippen MR) is 61.6 cm³/mol. The number of benzene rings is 1. The van der Waals surface area contributed by atoms with Gasteiger partial charge in [0.15, 0.2) is 5.78 Å². The van der Waals surface area contributed by atoms with Crippen LogP contribution in [0.2, 0.25) is 0 Å². The molecule has 0 aromatic heterocycles. The van der Waals surface area contributed by atoms with Crippen LogP contribution in [-0.4, -0.2) is 30.7 Å². The summed E-state index contributed by atoms with van der Waals surface area (Å²) in [6.45, 7) is 1.95. The first-order valence-corrected chi connectivity index (χ1v) is 5.36. The van der Waals surface area contributed by atoms with Gasteiger partial charge in [-0.1, -0.05) is 18.2 Å². The van der Waals surface area contributed by atoms with Crippen LogP contribution < -0.4 is 0 Å². The minimum atomic E-state index is -0.279. The second-order valence-electron chi connectivity index (χ2n) is 4.45. The Hall–Kier alpha value is -1.64. The molecule has 0 fully saturated rings. The molecular weight excluding hydrogens is 202 g/mol. The van der Waals surface area contributed by atoms with Gasteiger partial charge in [-0.15, -0.1) is 0 Å². The van der Waals surface area contributed by atoms with Crippen LogP contribution in [0.4, 0.5) is 0 Å². The van der Waals surface area contributed by atoms with Crippen molar-refractivity contribution in [1.29, 1.82) is 0 Å². The number of likely N-dealkylation sites (N-methyl/N-ethyl adjacent to an activating group) is 1. The molecule has 1 aliphatic carbocycles. The summed E-state index contributed by atoms with van der Waals surface area (Å²) >= 11 is 0. The highest BCUT2D eigenvalue weighted by Crippen LogP contribution is 2.36. The van der Waals surface area contributed by atoms with Crippen molar-refractivity contribution in [1.82, 2.24) is 4.90 Å². The first kappa shape index (κ1) is 10.9. The Bertz CT molecular complexity index is 463. The predicted octanol–water partition coefficient (Wildman–Crippen LogP) is 1.75. The highest BCUT2D eigenvalue weighted by molar-refractivity contribution is 6.07. The molecule has 3 heteroatoms. The lowest BCUT2D eigenvalue weighted by atomic mass is 9.95. The van der Waals surface area contributed by atoms with E-state index in [1.165, 1.54) is 0 Å². The summed E-state index contributed by atoms with van der Waals surface area (Å²) in [5, 5.41) is 0. The fourth-order valence-electron chi connectivity index (χ4n) is 2.31. The molecule has 0 radical (unpaired) electrons. The summed E-state index contributed by atoms with van der Waals surface area (Å²) in [7, 11) is 3.45. The lowest BCUT2D eigenvalue weighted by Gasteiger charge is -2.17. The molecule has 16 heavy (non-hydrogen) atoms. The van der Waals surface area contributed by atoms with E-state index >= 15 is 0 Å². The van der Waals surface area contributed by atoms with Crippen molar-refractivity contribution in [2.24, 2.45) is 0 Å².